The van der Waals surface area contributed by atoms with Crippen LogP contribution in [0, 0.1) is 5.92 Å². The molecule has 2 aromatic rings. The molecule has 152 valence electrons. The van der Waals surface area contributed by atoms with Gasteiger partial charge in [0, 0.05) is 31.7 Å². The molecule has 2 amide bonds. The van der Waals surface area contributed by atoms with Gasteiger partial charge in [-0.15, -0.1) is 12.4 Å². The van der Waals surface area contributed by atoms with Gasteiger partial charge < -0.3 is 20.7 Å². The van der Waals surface area contributed by atoms with E-state index in [2.05, 4.69) is 15.5 Å². The van der Waals surface area contributed by atoms with Crippen molar-refractivity contribution in [3.8, 4) is 17.0 Å². The van der Waals surface area contributed by atoms with E-state index in [4.69, 9.17) is 10.5 Å². The first kappa shape index (κ1) is 21.7. The van der Waals surface area contributed by atoms with Crippen molar-refractivity contribution in [2.75, 3.05) is 33.3 Å². The molecule has 0 bridgehead atoms. The van der Waals surface area contributed by atoms with Crippen LogP contribution in [0.5, 0.6) is 5.75 Å². The third-order valence-corrected chi connectivity index (χ3v) is 4.77. The van der Waals surface area contributed by atoms with E-state index < -0.39 is 0 Å². The molecule has 1 aromatic heterocycles. The van der Waals surface area contributed by atoms with Crippen molar-refractivity contribution < 1.29 is 14.3 Å². The molecule has 1 unspecified atom stereocenters. The molecule has 0 radical (unpaired) electrons. The zero-order chi connectivity index (χ0) is 19.2. The molecular formula is C19H26ClN5O3. The molecule has 1 aliphatic heterocycles. The van der Waals surface area contributed by atoms with E-state index in [0.717, 1.165) is 24.2 Å². The summed E-state index contributed by atoms with van der Waals surface area (Å²) >= 11 is 0. The van der Waals surface area contributed by atoms with Crippen LogP contribution in [0.3, 0.4) is 0 Å². The third-order valence-electron chi connectivity index (χ3n) is 4.77. The van der Waals surface area contributed by atoms with Crippen LogP contribution in [0.2, 0.25) is 0 Å². The summed E-state index contributed by atoms with van der Waals surface area (Å²) in [6, 6.07) is 7.43. The lowest BCUT2D eigenvalue weighted by Crippen LogP contribution is -2.46. The zero-order valence-corrected chi connectivity index (χ0v) is 16.6. The predicted molar refractivity (Wildman–Crippen MR) is 109 cm³/mol. The summed E-state index contributed by atoms with van der Waals surface area (Å²) in [5.74, 6) is 0.380. The van der Waals surface area contributed by atoms with Gasteiger partial charge in [-0.1, -0.05) is 0 Å². The van der Waals surface area contributed by atoms with Gasteiger partial charge in [0.25, 0.3) is 5.91 Å². The number of methoxy groups -OCH3 is 1. The Balaban J connectivity index is 0.00000280. The van der Waals surface area contributed by atoms with Gasteiger partial charge in [-0.3, -0.25) is 14.7 Å². The van der Waals surface area contributed by atoms with E-state index in [9.17, 15) is 9.59 Å². The van der Waals surface area contributed by atoms with E-state index in [-0.39, 0.29) is 30.1 Å². The van der Waals surface area contributed by atoms with E-state index >= 15 is 0 Å². The molecule has 1 atom stereocenters. The van der Waals surface area contributed by atoms with Crippen molar-refractivity contribution in [3.63, 3.8) is 0 Å². The molecule has 28 heavy (non-hydrogen) atoms. The van der Waals surface area contributed by atoms with Crippen molar-refractivity contribution in [2.45, 2.75) is 12.8 Å². The second-order valence-electron chi connectivity index (χ2n) is 6.56. The Morgan fingerprint density at radius 3 is 2.79 bits per heavy atom. The summed E-state index contributed by atoms with van der Waals surface area (Å²) in [7, 11) is 1.61. The monoisotopic (exact) mass is 407 g/mol. The van der Waals surface area contributed by atoms with Gasteiger partial charge in [0.05, 0.1) is 30.5 Å². The number of likely N-dealkylation sites (tertiary alicyclic amines) is 1. The van der Waals surface area contributed by atoms with Crippen molar-refractivity contribution in [1.82, 2.24) is 20.4 Å². The number of nitrogens with zero attached hydrogens (tertiary/aromatic N) is 2. The first-order chi connectivity index (χ1) is 13.1. The summed E-state index contributed by atoms with van der Waals surface area (Å²) < 4.78 is 5.17. The molecule has 1 aliphatic rings. The number of nitrogens with two attached hydrogens (primary N) is 1. The minimum atomic E-state index is -0.203. The number of rotatable bonds is 6. The first-order valence-electron chi connectivity index (χ1n) is 9.09. The summed E-state index contributed by atoms with van der Waals surface area (Å²) in [6.07, 6.45) is 3.11. The minimum Gasteiger partial charge on any atom is -0.497 e. The summed E-state index contributed by atoms with van der Waals surface area (Å²) in [4.78, 5) is 27.0. The number of aromatic amines is 1. The van der Waals surface area contributed by atoms with Crippen LogP contribution < -0.4 is 15.8 Å². The Hall–Kier alpha value is -2.58. The number of piperidine rings is 1. The SMILES string of the molecule is COc1ccc(-c2[nH]ncc2C(=O)N2CCCC(C(=O)NCCN)C2)cc1.Cl. The first-order valence-corrected chi connectivity index (χ1v) is 9.09. The summed E-state index contributed by atoms with van der Waals surface area (Å²) in [5.41, 5.74) is 7.46. The fraction of sp³-hybridized carbons (Fsp3) is 0.421. The standard InChI is InChI=1S/C19H25N5O3.ClH/c1-27-15-6-4-13(5-7-15)17-16(11-22-23-17)19(26)24-10-2-3-14(12-24)18(25)21-9-8-20;/h4-7,11,14H,2-3,8-10,12,20H2,1H3,(H,21,25)(H,22,23);1H. The molecule has 0 aliphatic carbocycles. The third kappa shape index (κ3) is 4.82. The lowest BCUT2D eigenvalue weighted by atomic mass is 9.96. The number of hydrogen-bond donors (Lipinski definition) is 3. The normalized spacial score (nSPS) is 16.2. The van der Waals surface area contributed by atoms with Crippen LogP contribution in [0.1, 0.15) is 23.2 Å². The van der Waals surface area contributed by atoms with E-state index in [1.54, 1.807) is 18.2 Å². The van der Waals surface area contributed by atoms with Crippen LogP contribution in [0.15, 0.2) is 30.5 Å². The van der Waals surface area contributed by atoms with Gasteiger partial charge in [0.15, 0.2) is 0 Å². The highest BCUT2D eigenvalue weighted by Gasteiger charge is 2.30. The topological polar surface area (TPSA) is 113 Å². The molecule has 0 spiro atoms. The number of benzene rings is 1. The van der Waals surface area contributed by atoms with Gasteiger partial charge in [0.2, 0.25) is 5.91 Å². The number of hydrogen-bond acceptors (Lipinski definition) is 5. The molecule has 1 aromatic carbocycles. The van der Waals surface area contributed by atoms with Gasteiger partial charge in [-0.25, -0.2) is 0 Å². The molecule has 2 heterocycles. The minimum absolute atomic E-state index is 0. The molecule has 4 N–H and O–H groups in total. The summed E-state index contributed by atoms with van der Waals surface area (Å²) in [5, 5.41) is 9.78. The Morgan fingerprint density at radius 2 is 2.11 bits per heavy atom. The maximum Gasteiger partial charge on any atom is 0.257 e. The quantitative estimate of drug-likeness (QED) is 0.670. The predicted octanol–water partition coefficient (Wildman–Crippen LogP) is 1.43. The van der Waals surface area contributed by atoms with Gasteiger partial charge in [-0.05, 0) is 37.1 Å². The van der Waals surface area contributed by atoms with Crippen LogP contribution >= 0.6 is 12.4 Å². The Labute approximate surface area is 170 Å². The average Bonchev–Trinajstić information content (AvgIpc) is 3.21. The number of halogens is 1. The van der Waals surface area contributed by atoms with Crippen molar-refractivity contribution in [2.24, 2.45) is 11.7 Å². The van der Waals surface area contributed by atoms with Crippen LogP contribution in [-0.4, -0.2) is 60.2 Å². The molecule has 0 saturated carbocycles. The molecule has 1 saturated heterocycles. The van der Waals surface area contributed by atoms with E-state index in [1.165, 1.54) is 0 Å². The zero-order valence-electron chi connectivity index (χ0n) is 15.8. The largest absolute Gasteiger partial charge is 0.497 e. The average molecular weight is 408 g/mol. The lowest BCUT2D eigenvalue weighted by molar-refractivity contribution is -0.126. The van der Waals surface area contributed by atoms with Gasteiger partial charge in [0.1, 0.15) is 5.75 Å². The smallest absolute Gasteiger partial charge is 0.257 e. The van der Waals surface area contributed by atoms with Crippen molar-refractivity contribution >= 4 is 24.2 Å². The highest BCUT2D eigenvalue weighted by Crippen LogP contribution is 2.26. The number of aromatic nitrogens is 2. The number of ether oxygens (including phenoxy) is 1. The Morgan fingerprint density at radius 1 is 1.36 bits per heavy atom. The molecule has 1 fully saturated rings. The number of H-pyrrole nitrogens is 1. The Kier molecular flexibility index (Phi) is 7.83. The van der Waals surface area contributed by atoms with Gasteiger partial charge in [-0.2, -0.15) is 5.10 Å². The number of nitrogens with one attached hydrogen (secondary N) is 2. The van der Waals surface area contributed by atoms with Crippen LogP contribution in [0.25, 0.3) is 11.3 Å². The molecule has 3 rings (SSSR count). The number of carbonyl (C=O) groups is 2. The molecular weight excluding hydrogens is 382 g/mol. The Bertz CT molecular complexity index is 793. The van der Waals surface area contributed by atoms with Crippen molar-refractivity contribution in [3.05, 3.63) is 36.0 Å². The molecule has 9 heteroatoms. The van der Waals surface area contributed by atoms with Crippen LogP contribution in [0.4, 0.5) is 0 Å². The van der Waals surface area contributed by atoms with E-state index in [0.29, 0.717) is 37.4 Å². The highest BCUT2D eigenvalue weighted by molar-refractivity contribution is 6.00. The summed E-state index contributed by atoms with van der Waals surface area (Å²) in [6.45, 7) is 1.89. The lowest BCUT2D eigenvalue weighted by Gasteiger charge is -2.32. The number of carbonyl (C=O) groups excluding carboxylic acids is 2. The highest BCUT2D eigenvalue weighted by atomic mass is 35.5. The second-order valence-corrected chi connectivity index (χ2v) is 6.56. The molecule has 8 nitrogen and oxygen atoms in total. The van der Waals surface area contributed by atoms with Crippen LogP contribution in [-0.2, 0) is 4.79 Å². The van der Waals surface area contributed by atoms with Gasteiger partial charge >= 0.3 is 0 Å². The van der Waals surface area contributed by atoms with Crippen molar-refractivity contribution in [1.29, 1.82) is 0 Å². The number of amides is 2. The fourth-order valence-corrected chi connectivity index (χ4v) is 3.31. The second kappa shape index (κ2) is 10.1. The van der Waals surface area contributed by atoms with E-state index in [1.807, 2.05) is 24.3 Å². The fourth-order valence-electron chi connectivity index (χ4n) is 3.31. The maximum absolute atomic E-state index is 13.0. The maximum atomic E-state index is 13.0.